The van der Waals surface area contributed by atoms with Crippen molar-refractivity contribution in [2.45, 2.75) is 17.8 Å². The van der Waals surface area contributed by atoms with Crippen LogP contribution in [0.15, 0.2) is 35.3 Å². The number of nitrogens with one attached hydrogen (secondary N) is 1. The van der Waals surface area contributed by atoms with E-state index in [1.807, 2.05) is 30.3 Å². The predicted molar refractivity (Wildman–Crippen MR) is 74.5 cm³/mol. The van der Waals surface area contributed by atoms with E-state index >= 15 is 0 Å². The van der Waals surface area contributed by atoms with E-state index in [2.05, 4.69) is 10.3 Å². The Kier molecular flexibility index (Phi) is 3.07. The zero-order valence-electron chi connectivity index (χ0n) is 9.74. The maximum atomic E-state index is 11.4. The van der Waals surface area contributed by atoms with Crippen LogP contribution in [0.4, 0.5) is 0 Å². The highest BCUT2D eigenvalue weighted by Gasteiger charge is 2.43. The maximum Gasteiger partial charge on any atom is 0.157 e. The van der Waals surface area contributed by atoms with Crippen LogP contribution in [0.3, 0.4) is 0 Å². The fraction of sp³-hybridized carbons (Fsp3) is 0.417. The number of sulfone groups is 1. The molecule has 18 heavy (non-hydrogen) atoms. The first-order valence-corrected chi connectivity index (χ1v) is 8.54. The van der Waals surface area contributed by atoms with Crippen molar-refractivity contribution in [2.75, 3.05) is 11.5 Å². The largest absolute Gasteiger partial charge is 0.360 e. The highest BCUT2D eigenvalue weighted by Crippen LogP contribution is 2.31. The number of aliphatic imine (C=N–C) groups is 1. The van der Waals surface area contributed by atoms with Crippen molar-refractivity contribution in [2.24, 2.45) is 4.99 Å². The monoisotopic (exact) mass is 282 g/mol. The number of rotatable bonds is 2. The maximum absolute atomic E-state index is 11.4. The second-order valence-electron chi connectivity index (χ2n) is 4.59. The van der Waals surface area contributed by atoms with Gasteiger partial charge in [0.15, 0.2) is 15.0 Å². The quantitative estimate of drug-likeness (QED) is 0.880. The molecule has 0 unspecified atom stereocenters. The van der Waals surface area contributed by atoms with Gasteiger partial charge in [0.25, 0.3) is 0 Å². The van der Waals surface area contributed by atoms with Gasteiger partial charge in [-0.15, -0.1) is 0 Å². The third kappa shape index (κ3) is 2.54. The van der Waals surface area contributed by atoms with Crippen LogP contribution in [0.1, 0.15) is 5.56 Å². The van der Waals surface area contributed by atoms with Gasteiger partial charge in [-0.2, -0.15) is 0 Å². The molecule has 6 heteroatoms. The number of hydrogen-bond acceptors (Lipinski definition) is 4. The van der Waals surface area contributed by atoms with Crippen LogP contribution in [0.2, 0.25) is 0 Å². The Hall–Kier alpha value is -1.01. The molecule has 1 N–H and O–H groups in total. The molecule has 4 nitrogen and oxygen atoms in total. The molecular weight excluding hydrogens is 268 g/mol. The van der Waals surface area contributed by atoms with Crippen LogP contribution in [0.5, 0.6) is 0 Å². The summed E-state index contributed by atoms with van der Waals surface area (Å²) in [5.74, 6) is 0.523. The summed E-state index contributed by atoms with van der Waals surface area (Å²) >= 11 is 1.56. The van der Waals surface area contributed by atoms with Gasteiger partial charge in [-0.1, -0.05) is 42.1 Å². The highest BCUT2D eigenvalue weighted by atomic mass is 32.2. The SMILES string of the molecule is O=S1(=O)C[C@@H]2NC(=NCc3ccccc3)S[C@@H]2C1. The van der Waals surface area contributed by atoms with Gasteiger partial charge in [0, 0.05) is 5.25 Å². The lowest BCUT2D eigenvalue weighted by Crippen LogP contribution is -2.31. The van der Waals surface area contributed by atoms with Crippen LogP contribution in [0.25, 0.3) is 0 Å². The average Bonchev–Trinajstić information content (AvgIpc) is 2.81. The molecule has 0 radical (unpaired) electrons. The average molecular weight is 282 g/mol. The Morgan fingerprint density at radius 3 is 2.78 bits per heavy atom. The number of hydrogen-bond donors (Lipinski definition) is 1. The van der Waals surface area contributed by atoms with Gasteiger partial charge in [-0.25, -0.2) is 8.42 Å². The molecule has 0 bridgehead atoms. The second kappa shape index (κ2) is 4.59. The van der Waals surface area contributed by atoms with Gasteiger partial charge in [-0.3, -0.25) is 4.99 Å². The van der Waals surface area contributed by atoms with Crippen LogP contribution >= 0.6 is 11.8 Å². The Morgan fingerprint density at radius 1 is 1.28 bits per heavy atom. The summed E-state index contributed by atoms with van der Waals surface area (Å²) in [6.45, 7) is 0.641. The summed E-state index contributed by atoms with van der Waals surface area (Å²) in [6, 6.07) is 10.1. The first kappa shape index (κ1) is 12.0. The third-order valence-electron chi connectivity index (χ3n) is 3.12. The molecule has 1 aromatic rings. The molecule has 2 fully saturated rings. The third-order valence-corrected chi connectivity index (χ3v) is 6.33. The summed E-state index contributed by atoms with van der Waals surface area (Å²) in [7, 11) is -2.83. The fourth-order valence-corrected chi connectivity index (χ4v) is 5.95. The number of amidine groups is 1. The van der Waals surface area contributed by atoms with Crippen molar-refractivity contribution in [1.29, 1.82) is 0 Å². The number of benzene rings is 1. The minimum Gasteiger partial charge on any atom is -0.360 e. The predicted octanol–water partition coefficient (Wildman–Crippen LogP) is 1.04. The highest BCUT2D eigenvalue weighted by molar-refractivity contribution is 8.15. The van der Waals surface area contributed by atoms with E-state index in [0.717, 1.165) is 10.7 Å². The number of fused-ring (bicyclic) bond motifs is 1. The summed E-state index contributed by atoms with van der Waals surface area (Å²) in [5.41, 5.74) is 1.16. The standard InChI is InChI=1S/C12H14N2O2S2/c15-18(16)7-10-11(8-18)17-12(14-10)13-6-9-4-2-1-3-5-9/h1-5,10-11H,6-8H2,(H,13,14)/t10-,11+/m0/s1. The van der Waals surface area contributed by atoms with E-state index in [4.69, 9.17) is 0 Å². The van der Waals surface area contributed by atoms with Crippen LogP contribution in [-0.4, -0.2) is 36.4 Å². The first-order chi connectivity index (χ1) is 8.62. The Morgan fingerprint density at radius 2 is 2.06 bits per heavy atom. The van der Waals surface area contributed by atoms with E-state index in [1.165, 1.54) is 0 Å². The lowest BCUT2D eigenvalue weighted by Gasteiger charge is -2.03. The van der Waals surface area contributed by atoms with E-state index < -0.39 is 9.84 Å². The smallest absolute Gasteiger partial charge is 0.157 e. The molecule has 2 aliphatic rings. The molecule has 2 heterocycles. The normalized spacial score (nSPS) is 31.2. The van der Waals surface area contributed by atoms with Gasteiger partial charge in [0.05, 0.1) is 24.1 Å². The van der Waals surface area contributed by atoms with Gasteiger partial charge in [0.1, 0.15) is 0 Å². The minimum atomic E-state index is -2.83. The molecule has 3 rings (SSSR count). The number of thioether (sulfide) groups is 1. The topological polar surface area (TPSA) is 58.5 Å². The molecule has 0 aromatic heterocycles. The molecular formula is C12H14N2O2S2. The summed E-state index contributed by atoms with van der Waals surface area (Å²) < 4.78 is 22.9. The molecule has 2 atom stereocenters. The zero-order chi connectivity index (χ0) is 12.6. The minimum absolute atomic E-state index is 0.0505. The van der Waals surface area contributed by atoms with Crippen molar-refractivity contribution >= 4 is 26.8 Å². The van der Waals surface area contributed by atoms with Crippen LogP contribution in [-0.2, 0) is 16.4 Å². The molecule has 2 aliphatic heterocycles. The van der Waals surface area contributed by atoms with Crippen molar-refractivity contribution < 1.29 is 8.42 Å². The van der Waals surface area contributed by atoms with E-state index in [9.17, 15) is 8.42 Å². The zero-order valence-corrected chi connectivity index (χ0v) is 11.4. The van der Waals surface area contributed by atoms with Crippen LogP contribution in [0, 0.1) is 0 Å². The second-order valence-corrected chi connectivity index (χ2v) is 7.97. The van der Waals surface area contributed by atoms with Crippen molar-refractivity contribution in [3.05, 3.63) is 35.9 Å². The van der Waals surface area contributed by atoms with Gasteiger partial charge < -0.3 is 5.32 Å². The van der Waals surface area contributed by atoms with Crippen molar-refractivity contribution in [3.63, 3.8) is 0 Å². The summed E-state index contributed by atoms with van der Waals surface area (Å²) in [4.78, 5) is 4.50. The molecule has 1 aromatic carbocycles. The summed E-state index contributed by atoms with van der Waals surface area (Å²) in [6.07, 6.45) is 0. The van der Waals surface area contributed by atoms with E-state index in [0.29, 0.717) is 6.54 Å². The Bertz CT molecular complexity index is 547. The van der Waals surface area contributed by atoms with Gasteiger partial charge in [-0.05, 0) is 5.56 Å². The van der Waals surface area contributed by atoms with Gasteiger partial charge in [0.2, 0.25) is 0 Å². The van der Waals surface area contributed by atoms with E-state index in [1.54, 1.807) is 11.8 Å². The van der Waals surface area contributed by atoms with Crippen molar-refractivity contribution in [1.82, 2.24) is 5.32 Å². The van der Waals surface area contributed by atoms with Crippen LogP contribution < -0.4 is 5.32 Å². The Balaban J connectivity index is 1.64. The number of nitrogens with zero attached hydrogens (tertiary/aromatic N) is 1. The van der Waals surface area contributed by atoms with Crippen molar-refractivity contribution in [3.8, 4) is 0 Å². The first-order valence-electron chi connectivity index (χ1n) is 5.84. The Labute approximate surface area is 111 Å². The molecule has 0 amide bonds. The van der Waals surface area contributed by atoms with Gasteiger partial charge >= 0.3 is 0 Å². The molecule has 2 saturated heterocycles. The summed E-state index contributed by atoms with van der Waals surface area (Å²) in [5, 5.41) is 4.23. The van der Waals surface area contributed by atoms with E-state index in [-0.39, 0.29) is 22.8 Å². The molecule has 0 aliphatic carbocycles. The molecule has 0 spiro atoms. The molecule has 96 valence electrons. The lowest BCUT2D eigenvalue weighted by atomic mass is 10.2. The fourth-order valence-electron chi connectivity index (χ4n) is 2.23. The lowest BCUT2D eigenvalue weighted by molar-refractivity contribution is 0.600. The molecule has 0 saturated carbocycles.